The summed E-state index contributed by atoms with van der Waals surface area (Å²) in [5, 5.41) is 9.14. The Kier molecular flexibility index (Phi) is 3.17. The summed E-state index contributed by atoms with van der Waals surface area (Å²) in [6, 6.07) is 7.69. The van der Waals surface area contributed by atoms with E-state index in [1.807, 2.05) is 31.2 Å². The van der Waals surface area contributed by atoms with Gasteiger partial charge in [-0.2, -0.15) is 10.2 Å². The summed E-state index contributed by atoms with van der Waals surface area (Å²) >= 11 is 3.39. The van der Waals surface area contributed by atoms with Gasteiger partial charge in [0.2, 0.25) is 5.95 Å². The summed E-state index contributed by atoms with van der Waals surface area (Å²) in [7, 11) is 0. The third kappa shape index (κ3) is 2.13. The van der Waals surface area contributed by atoms with Crippen LogP contribution in [0.15, 0.2) is 22.7 Å². The minimum absolute atomic E-state index is 0.0591. The maximum Gasteiger partial charge on any atom is 0.222 e. The fourth-order valence-electron chi connectivity index (χ4n) is 1.69. The van der Waals surface area contributed by atoms with E-state index in [1.54, 1.807) is 0 Å². The molecule has 18 heavy (non-hydrogen) atoms. The molecule has 1 heterocycles. The number of nitrogen functional groups attached to an aromatic ring is 2. The predicted molar refractivity (Wildman–Crippen MR) is 73.4 cm³/mol. The summed E-state index contributed by atoms with van der Waals surface area (Å²) < 4.78 is 0.956. The van der Waals surface area contributed by atoms with Crippen LogP contribution < -0.4 is 11.5 Å². The van der Waals surface area contributed by atoms with Crippen molar-refractivity contribution in [3.63, 3.8) is 0 Å². The molecule has 0 bridgehead atoms. The number of nitrogens with zero attached hydrogens (tertiary/aromatic N) is 3. The standard InChI is InChI=1S/C12H10BrN5/c1-6-4-7(13)2-3-8(6)10-9(5-14)11(15)18-12(16)17-10/h2-4H,1H3,(H4,15,16,17,18). The number of hydrogen-bond acceptors (Lipinski definition) is 5. The second-order valence-electron chi connectivity index (χ2n) is 3.76. The zero-order valence-corrected chi connectivity index (χ0v) is 11.2. The van der Waals surface area contributed by atoms with Gasteiger partial charge in [0.05, 0.1) is 5.69 Å². The zero-order chi connectivity index (χ0) is 13.3. The lowest BCUT2D eigenvalue weighted by atomic mass is 10.0. The first kappa shape index (κ1) is 12.3. The summed E-state index contributed by atoms with van der Waals surface area (Å²) in [6.45, 7) is 1.93. The topological polar surface area (TPSA) is 102 Å². The Morgan fingerprint density at radius 3 is 2.61 bits per heavy atom. The molecular formula is C12H10BrN5. The Hall–Kier alpha value is -2.13. The Morgan fingerprint density at radius 1 is 1.28 bits per heavy atom. The first-order valence-electron chi connectivity index (χ1n) is 5.12. The number of aromatic nitrogens is 2. The lowest BCUT2D eigenvalue weighted by Gasteiger charge is -2.09. The van der Waals surface area contributed by atoms with Crippen molar-refractivity contribution >= 4 is 27.7 Å². The lowest BCUT2D eigenvalue weighted by Crippen LogP contribution is -2.05. The zero-order valence-electron chi connectivity index (χ0n) is 9.61. The molecule has 0 saturated carbocycles. The lowest BCUT2D eigenvalue weighted by molar-refractivity contribution is 1.18. The normalized spacial score (nSPS) is 10.1. The fraction of sp³-hybridized carbons (Fsp3) is 0.0833. The Balaban J connectivity index is 2.75. The van der Waals surface area contributed by atoms with E-state index in [0.29, 0.717) is 5.69 Å². The van der Waals surface area contributed by atoms with Crippen LogP contribution in [-0.2, 0) is 0 Å². The molecule has 0 fully saturated rings. The average Bonchev–Trinajstić information content (AvgIpc) is 2.28. The highest BCUT2D eigenvalue weighted by Gasteiger charge is 2.14. The van der Waals surface area contributed by atoms with Crippen molar-refractivity contribution in [1.82, 2.24) is 9.97 Å². The molecule has 90 valence electrons. The predicted octanol–water partition coefficient (Wildman–Crippen LogP) is 2.25. The van der Waals surface area contributed by atoms with Gasteiger partial charge in [0.15, 0.2) is 0 Å². The monoisotopic (exact) mass is 303 g/mol. The van der Waals surface area contributed by atoms with Gasteiger partial charge in [-0.15, -0.1) is 0 Å². The van der Waals surface area contributed by atoms with Crippen LogP contribution in [0.25, 0.3) is 11.3 Å². The molecule has 2 rings (SSSR count). The number of anilines is 2. The van der Waals surface area contributed by atoms with Gasteiger partial charge < -0.3 is 11.5 Å². The van der Waals surface area contributed by atoms with E-state index in [2.05, 4.69) is 25.9 Å². The average molecular weight is 304 g/mol. The van der Waals surface area contributed by atoms with Crippen molar-refractivity contribution in [1.29, 1.82) is 5.26 Å². The van der Waals surface area contributed by atoms with Crippen LogP contribution >= 0.6 is 15.9 Å². The number of aryl methyl sites for hydroxylation is 1. The number of rotatable bonds is 1. The van der Waals surface area contributed by atoms with E-state index in [0.717, 1.165) is 15.6 Å². The molecule has 0 aliphatic carbocycles. The first-order chi connectivity index (χ1) is 8.52. The molecule has 0 radical (unpaired) electrons. The van der Waals surface area contributed by atoms with Crippen molar-refractivity contribution < 1.29 is 0 Å². The van der Waals surface area contributed by atoms with E-state index in [1.165, 1.54) is 0 Å². The molecule has 2 aromatic rings. The van der Waals surface area contributed by atoms with Crippen LogP contribution in [0.4, 0.5) is 11.8 Å². The van der Waals surface area contributed by atoms with Crippen molar-refractivity contribution in [2.75, 3.05) is 11.5 Å². The van der Waals surface area contributed by atoms with Crippen LogP contribution in [0.5, 0.6) is 0 Å². The minimum atomic E-state index is 0.0591. The molecule has 5 nitrogen and oxygen atoms in total. The van der Waals surface area contributed by atoms with Crippen LogP contribution in [0.2, 0.25) is 0 Å². The molecular weight excluding hydrogens is 294 g/mol. The molecule has 0 atom stereocenters. The maximum atomic E-state index is 9.14. The third-order valence-corrected chi connectivity index (χ3v) is 3.00. The van der Waals surface area contributed by atoms with E-state index in [-0.39, 0.29) is 17.3 Å². The molecule has 4 N–H and O–H groups in total. The molecule has 0 saturated heterocycles. The van der Waals surface area contributed by atoms with Gasteiger partial charge in [-0.05, 0) is 24.6 Å². The maximum absolute atomic E-state index is 9.14. The fourth-order valence-corrected chi connectivity index (χ4v) is 2.17. The van der Waals surface area contributed by atoms with Crippen molar-refractivity contribution in [3.8, 4) is 17.3 Å². The highest BCUT2D eigenvalue weighted by molar-refractivity contribution is 9.10. The van der Waals surface area contributed by atoms with Gasteiger partial charge in [0, 0.05) is 10.0 Å². The molecule has 0 amide bonds. The van der Waals surface area contributed by atoms with Crippen molar-refractivity contribution in [2.24, 2.45) is 0 Å². The Bertz CT molecular complexity index is 660. The second-order valence-corrected chi connectivity index (χ2v) is 4.68. The molecule has 0 unspecified atom stereocenters. The third-order valence-electron chi connectivity index (χ3n) is 2.51. The molecule has 0 spiro atoms. The quantitative estimate of drug-likeness (QED) is 0.841. The number of benzene rings is 1. The Morgan fingerprint density at radius 2 is 2.00 bits per heavy atom. The van der Waals surface area contributed by atoms with Gasteiger partial charge in [0.25, 0.3) is 0 Å². The number of nitriles is 1. The number of halogens is 1. The van der Waals surface area contributed by atoms with E-state index in [9.17, 15) is 0 Å². The highest BCUT2D eigenvalue weighted by Crippen LogP contribution is 2.29. The molecule has 0 aliphatic rings. The van der Waals surface area contributed by atoms with Crippen LogP contribution in [0, 0.1) is 18.3 Å². The smallest absolute Gasteiger partial charge is 0.222 e. The van der Waals surface area contributed by atoms with Gasteiger partial charge in [-0.1, -0.05) is 22.0 Å². The van der Waals surface area contributed by atoms with Crippen LogP contribution in [-0.4, -0.2) is 9.97 Å². The molecule has 0 aliphatic heterocycles. The summed E-state index contributed by atoms with van der Waals surface area (Å²) in [6.07, 6.45) is 0. The largest absolute Gasteiger partial charge is 0.382 e. The van der Waals surface area contributed by atoms with E-state index >= 15 is 0 Å². The first-order valence-corrected chi connectivity index (χ1v) is 5.92. The van der Waals surface area contributed by atoms with E-state index < -0.39 is 0 Å². The van der Waals surface area contributed by atoms with Crippen molar-refractivity contribution in [3.05, 3.63) is 33.8 Å². The van der Waals surface area contributed by atoms with Crippen LogP contribution in [0.3, 0.4) is 0 Å². The number of hydrogen-bond donors (Lipinski definition) is 2. The second kappa shape index (κ2) is 4.63. The van der Waals surface area contributed by atoms with Gasteiger partial charge in [-0.25, -0.2) is 4.98 Å². The van der Waals surface area contributed by atoms with Crippen molar-refractivity contribution in [2.45, 2.75) is 6.92 Å². The molecule has 1 aromatic carbocycles. The molecule has 6 heteroatoms. The highest BCUT2D eigenvalue weighted by atomic mass is 79.9. The number of nitrogens with two attached hydrogens (primary N) is 2. The van der Waals surface area contributed by atoms with Crippen LogP contribution in [0.1, 0.15) is 11.1 Å². The SMILES string of the molecule is Cc1cc(Br)ccc1-c1nc(N)nc(N)c1C#N. The summed E-state index contributed by atoms with van der Waals surface area (Å²) in [4.78, 5) is 7.90. The Labute approximate surface area is 113 Å². The van der Waals surface area contributed by atoms with Gasteiger partial charge in [-0.3, -0.25) is 0 Å². The van der Waals surface area contributed by atoms with Gasteiger partial charge >= 0.3 is 0 Å². The summed E-state index contributed by atoms with van der Waals surface area (Å²) in [5.41, 5.74) is 13.8. The summed E-state index contributed by atoms with van der Waals surface area (Å²) in [5.74, 6) is 0.158. The van der Waals surface area contributed by atoms with Gasteiger partial charge in [0.1, 0.15) is 17.5 Å². The minimum Gasteiger partial charge on any atom is -0.382 e. The molecule has 1 aromatic heterocycles. The van der Waals surface area contributed by atoms with E-state index in [4.69, 9.17) is 16.7 Å².